The molecule has 0 saturated carbocycles. The largest absolute Gasteiger partial charge is 0.317 e. The minimum atomic E-state index is -3.08. The quantitative estimate of drug-likeness (QED) is 0.612. The topological polar surface area (TPSA) is 49.4 Å². The van der Waals surface area contributed by atoms with Gasteiger partial charge < -0.3 is 5.32 Å². The molecule has 5 heteroatoms. The summed E-state index contributed by atoms with van der Waals surface area (Å²) < 4.78 is 25.8. The van der Waals surface area contributed by atoms with Gasteiger partial charge in [0.25, 0.3) is 0 Å². The van der Waals surface area contributed by atoms with Crippen molar-refractivity contribution >= 4 is 10.0 Å². The van der Waals surface area contributed by atoms with Crippen LogP contribution in [0.25, 0.3) is 0 Å². The van der Waals surface area contributed by atoms with Crippen molar-refractivity contribution in [1.82, 2.24) is 9.62 Å². The van der Waals surface area contributed by atoms with Crippen LogP contribution in [0.4, 0.5) is 0 Å². The minimum Gasteiger partial charge on any atom is -0.317 e. The number of hydrogen-bond donors (Lipinski definition) is 1. The third-order valence-corrected chi connectivity index (χ3v) is 4.68. The maximum Gasteiger partial charge on any atom is 0.214 e. The summed E-state index contributed by atoms with van der Waals surface area (Å²) >= 11 is 0. The lowest BCUT2D eigenvalue weighted by Gasteiger charge is -2.25. The van der Waals surface area contributed by atoms with Gasteiger partial charge in [-0.05, 0) is 46.2 Å². The summed E-state index contributed by atoms with van der Waals surface area (Å²) in [6.07, 6.45) is 2.64. The van der Waals surface area contributed by atoms with Crippen molar-refractivity contribution in [1.29, 1.82) is 0 Å². The lowest BCUT2D eigenvalue weighted by Crippen LogP contribution is -2.39. The van der Waals surface area contributed by atoms with Gasteiger partial charge in [-0.25, -0.2) is 8.42 Å². The summed E-state index contributed by atoms with van der Waals surface area (Å²) in [5.41, 5.74) is 0. The maximum atomic E-state index is 12.1. The Kier molecular flexibility index (Phi) is 8.82. The van der Waals surface area contributed by atoms with Crippen LogP contribution in [-0.4, -0.2) is 44.2 Å². The van der Waals surface area contributed by atoms with E-state index in [1.165, 1.54) is 0 Å². The van der Waals surface area contributed by atoms with Crippen molar-refractivity contribution in [3.05, 3.63) is 0 Å². The van der Waals surface area contributed by atoms with Gasteiger partial charge in [-0.2, -0.15) is 4.31 Å². The van der Waals surface area contributed by atoms with E-state index >= 15 is 0 Å². The van der Waals surface area contributed by atoms with Gasteiger partial charge in [0, 0.05) is 12.6 Å². The molecule has 0 rings (SSSR count). The molecule has 4 nitrogen and oxygen atoms in total. The van der Waals surface area contributed by atoms with Gasteiger partial charge in [-0.15, -0.1) is 0 Å². The molecule has 0 aromatic rings. The molecule has 0 heterocycles. The van der Waals surface area contributed by atoms with Crippen LogP contribution >= 0.6 is 0 Å². The molecule has 0 radical (unpaired) electrons. The number of sulfonamides is 1. The van der Waals surface area contributed by atoms with E-state index in [9.17, 15) is 8.42 Å². The van der Waals surface area contributed by atoms with Crippen LogP contribution in [-0.2, 0) is 10.0 Å². The van der Waals surface area contributed by atoms with E-state index in [0.29, 0.717) is 13.0 Å². The van der Waals surface area contributed by atoms with E-state index in [1.54, 1.807) is 4.31 Å². The first kappa shape index (κ1) is 16.9. The van der Waals surface area contributed by atoms with E-state index < -0.39 is 10.0 Å². The van der Waals surface area contributed by atoms with Crippen molar-refractivity contribution in [2.75, 3.05) is 25.4 Å². The van der Waals surface area contributed by atoms with Gasteiger partial charge in [0.15, 0.2) is 0 Å². The summed E-state index contributed by atoms with van der Waals surface area (Å²) in [6, 6.07) is 0.0588. The van der Waals surface area contributed by atoms with E-state index in [1.807, 2.05) is 20.8 Å². The highest BCUT2D eigenvalue weighted by Crippen LogP contribution is 2.09. The standard InChI is InChI=1S/C12H28N2O2S/c1-5-8-13-9-7-11-17(15,16)14(10-6-2)12(3)4/h12-13H,5-11H2,1-4H3. The van der Waals surface area contributed by atoms with E-state index in [-0.39, 0.29) is 11.8 Å². The molecule has 0 aliphatic rings. The van der Waals surface area contributed by atoms with Crippen LogP contribution in [0.15, 0.2) is 0 Å². The first-order chi connectivity index (χ1) is 7.95. The van der Waals surface area contributed by atoms with E-state index in [4.69, 9.17) is 0 Å². The van der Waals surface area contributed by atoms with Crippen LogP contribution in [0.2, 0.25) is 0 Å². The average Bonchev–Trinajstić information content (AvgIpc) is 2.24. The Morgan fingerprint density at radius 3 is 2.24 bits per heavy atom. The zero-order valence-corrected chi connectivity index (χ0v) is 12.5. The van der Waals surface area contributed by atoms with Crippen molar-refractivity contribution in [3.63, 3.8) is 0 Å². The van der Waals surface area contributed by atoms with Crippen molar-refractivity contribution in [2.45, 2.75) is 53.0 Å². The Labute approximate surface area is 107 Å². The predicted octanol–water partition coefficient (Wildman–Crippen LogP) is 1.83. The highest BCUT2D eigenvalue weighted by atomic mass is 32.2. The molecular formula is C12H28N2O2S. The molecule has 0 aliphatic carbocycles. The third-order valence-electron chi connectivity index (χ3n) is 2.56. The summed E-state index contributed by atoms with van der Waals surface area (Å²) in [5.74, 6) is 0.252. The second kappa shape index (κ2) is 8.89. The highest BCUT2D eigenvalue weighted by Gasteiger charge is 2.23. The highest BCUT2D eigenvalue weighted by molar-refractivity contribution is 7.89. The van der Waals surface area contributed by atoms with Crippen molar-refractivity contribution < 1.29 is 8.42 Å². The second-order valence-corrected chi connectivity index (χ2v) is 6.67. The molecule has 104 valence electrons. The first-order valence-electron chi connectivity index (χ1n) is 6.66. The summed E-state index contributed by atoms with van der Waals surface area (Å²) in [4.78, 5) is 0. The summed E-state index contributed by atoms with van der Waals surface area (Å²) in [7, 11) is -3.08. The average molecular weight is 264 g/mol. The van der Waals surface area contributed by atoms with Gasteiger partial charge in [-0.3, -0.25) is 0 Å². The van der Waals surface area contributed by atoms with Crippen LogP contribution < -0.4 is 5.32 Å². The molecule has 0 aromatic heterocycles. The first-order valence-corrected chi connectivity index (χ1v) is 8.26. The maximum absolute atomic E-state index is 12.1. The normalized spacial score (nSPS) is 12.6. The van der Waals surface area contributed by atoms with Crippen LogP contribution in [0.3, 0.4) is 0 Å². The van der Waals surface area contributed by atoms with E-state index in [0.717, 1.165) is 25.9 Å². The molecule has 0 saturated heterocycles. The molecule has 1 N–H and O–H groups in total. The van der Waals surface area contributed by atoms with Gasteiger partial charge >= 0.3 is 0 Å². The summed E-state index contributed by atoms with van der Waals surface area (Å²) in [5, 5.41) is 3.22. The van der Waals surface area contributed by atoms with Crippen LogP contribution in [0, 0.1) is 0 Å². The number of rotatable bonds is 10. The van der Waals surface area contributed by atoms with Crippen molar-refractivity contribution in [2.24, 2.45) is 0 Å². The number of nitrogens with zero attached hydrogens (tertiary/aromatic N) is 1. The fourth-order valence-corrected chi connectivity index (χ4v) is 3.58. The van der Waals surface area contributed by atoms with E-state index in [2.05, 4.69) is 12.2 Å². The Morgan fingerprint density at radius 2 is 1.76 bits per heavy atom. The van der Waals surface area contributed by atoms with Gasteiger partial charge in [0.05, 0.1) is 5.75 Å². The van der Waals surface area contributed by atoms with Gasteiger partial charge in [0.2, 0.25) is 10.0 Å². The Morgan fingerprint density at radius 1 is 1.12 bits per heavy atom. The Balaban J connectivity index is 4.14. The third kappa shape index (κ3) is 7.01. The molecule has 0 unspecified atom stereocenters. The fraction of sp³-hybridized carbons (Fsp3) is 1.00. The molecule has 0 fully saturated rings. The zero-order valence-electron chi connectivity index (χ0n) is 11.7. The van der Waals surface area contributed by atoms with Gasteiger partial charge in [0.1, 0.15) is 0 Å². The lowest BCUT2D eigenvalue weighted by atomic mass is 10.4. The minimum absolute atomic E-state index is 0.0588. The molecule has 0 bridgehead atoms. The Bertz CT molecular complexity index is 276. The predicted molar refractivity (Wildman–Crippen MR) is 73.7 cm³/mol. The SMILES string of the molecule is CCCNCCCS(=O)(=O)N(CCC)C(C)C. The lowest BCUT2D eigenvalue weighted by molar-refractivity contribution is 0.353. The monoisotopic (exact) mass is 264 g/mol. The van der Waals surface area contributed by atoms with Gasteiger partial charge in [-0.1, -0.05) is 13.8 Å². The molecular weight excluding hydrogens is 236 g/mol. The molecule has 0 atom stereocenters. The molecule has 0 amide bonds. The number of hydrogen-bond acceptors (Lipinski definition) is 3. The number of nitrogens with one attached hydrogen (secondary N) is 1. The molecule has 0 aliphatic heterocycles. The van der Waals surface area contributed by atoms with Crippen LogP contribution in [0.1, 0.15) is 47.0 Å². The fourth-order valence-electron chi connectivity index (χ4n) is 1.74. The molecule has 0 aromatic carbocycles. The summed E-state index contributed by atoms with van der Waals surface area (Å²) in [6.45, 7) is 10.3. The Hall–Kier alpha value is -0.130. The van der Waals surface area contributed by atoms with Crippen molar-refractivity contribution in [3.8, 4) is 0 Å². The molecule has 0 spiro atoms. The van der Waals surface area contributed by atoms with Crippen LogP contribution in [0.5, 0.6) is 0 Å². The zero-order chi connectivity index (χ0) is 13.3. The molecule has 17 heavy (non-hydrogen) atoms. The second-order valence-electron chi connectivity index (χ2n) is 4.62. The smallest absolute Gasteiger partial charge is 0.214 e.